The van der Waals surface area contributed by atoms with Crippen LogP contribution in [0.25, 0.3) is 0 Å². The molecule has 1 unspecified atom stereocenters. The molecule has 1 atom stereocenters. The third-order valence-electron chi connectivity index (χ3n) is 2.28. The zero-order valence-corrected chi connectivity index (χ0v) is 11.6. The van der Waals surface area contributed by atoms with Crippen molar-refractivity contribution in [1.29, 1.82) is 0 Å². The summed E-state index contributed by atoms with van der Waals surface area (Å²) in [5, 5.41) is 17.5. The SMILES string of the molecule is Cc1cc(S(=O)(=O)NCCC(O)C(=O)O)c(C)s1. The van der Waals surface area contributed by atoms with E-state index in [9.17, 15) is 13.2 Å². The highest BCUT2D eigenvalue weighted by Crippen LogP contribution is 2.24. The first kappa shape index (κ1) is 15.1. The first-order valence-electron chi connectivity index (χ1n) is 5.21. The minimum atomic E-state index is -3.64. The number of nitrogens with one attached hydrogen (secondary N) is 1. The van der Waals surface area contributed by atoms with E-state index in [4.69, 9.17) is 10.2 Å². The van der Waals surface area contributed by atoms with E-state index in [-0.39, 0.29) is 17.9 Å². The number of aliphatic carboxylic acids is 1. The highest BCUT2D eigenvalue weighted by molar-refractivity contribution is 7.89. The van der Waals surface area contributed by atoms with Crippen molar-refractivity contribution in [3.8, 4) is 0 Å². The van der Waals surface area contributed by atoms with Gasteiger partial charge in [0.15, 0.2) is 6.10 Å². The van der Waals surface area contributed by atoms with Crippen LogP contribution in [0.3, 0.4) is 0 Å². The molecule has 0 radical (unpaired) electrons. The van der Waals surface area contributed by atoms with Gasteiger partial charge in [0.2, 0.25) is 10.0 Å². The fraction of sp³-hybridized carbons (Fsp3) is 0.500. The Balaban J connectivity index is 2.66. The molecule has 0 amide bonds. The lowest BCUT2D eigenvalue weighted by Gasteiger charge is -2.07. The summed E-state index contributed by atoms with van der Waals surface area (Å²) in [6.45, 7) is 3.40. The number of carboxylic acids is 1. The van der Waals surface area contributed by atoms with E-state index in [2.05, 4.69) is 4.72 Å². The number of carboxylic acid groups (broad SMARTS) is 1. The number of hydrogen-bond donors (Lipinski definition) is 3. The summed E-state index contributed by atoms with van der Waals surface area (Å²) in [5.74, 6) is -1.36. The average Bonchev–Trinajstić information content (AvgIpc) is 2.58. The van der Waals surface area contributed by atoms with E-state index in [1.807, 2.05) is 6.92 Å². The summed E-state index contributed by atoms with van der Waals surface area (Å²) in [5.41, 5.74) is 0. The monoisotopic (exact) mass is 293 g/mol. The van der Waals surface area contributed by atoms with Gasteiger partial charge >= 0.3 is 5.97 Å². The largest absolute Gasteiger partial charge is 0.479 e. The first-order chi connectivity index (χ1) is 8.24. The molecule has 0 fully saturated rings. The van der Waals surface area contributed by atoms with E-state index in [1.165, 1.54) is 11.3 Å². The minimum absolute atomic E-state index is 0.121. The minimum Gasteiger partial charge on any atom is -0.479 e. The molecule has 102 valence electrons. The quantitative estimate of drug-likeness (QED) is 0.707. The van der Waals surface area contributed by atoms with Crippen molar-refractivity contribution < 1.29 is 23.4 Å². The van der Waals surface area contributed by atoms with Gasteiger partial charge in [-0.15, -0.1) is 11.3 Å². The summed E-state index contributed by atoms with van der Waals surface area (Å²) in [6.07, 6.45) is -1.73. The number of aliphatic hydroxyl groups is 1. The Kier molecular flexibility index (Phi) is 4.85. The smallest absolute Gasteiger partial charge is 0.332 e. The summed E-state index contributed by atoms with van der Waals surface area (Å²) < 4.78 is 26.0. The predicted octanol–water partition coefficient (Wildman–Crippen LogP) is 0.479. The second kappa shape index (κ2) is 5.79. The Morgan fingerprint density at radius 1 is 1.50 bits per heavy atom. The molecule has 0 bridgehead atoms. The van der Waals surface area contributed by atoms with E-state index in [0.717, 1.165) is 4.88 Å². The maximum absolute atomic E-state index is 11.9. The fourth-order valence-corrected chi connectivity index (χ4v) is 4.01. The lowest BCUT2D eigenvalue weighted by Crippen LogP contribution is -2.30. The number of carbonyl (C=O) groups is 1. The van der Waals surface area contributed by atoms with Gasteiger partial charge in [-0.2, -0.15) is 0 Å². The van der Waals surface area contributed by atoms with Gasteiger partial charge in [0.1, 0.15) is 0 Å². The topological polar surface area (TPSA) is 104 Å². The summed E-state index contributed by atoms with van der Waals surface area (Å²) in [7, 11) is -3.64. The van der Waals surface area contributed by atoms with Gasteiger partial charge in [-0.25, -0.2) is 17.9 Å². The number of thiophene rings is 1. The van der Waals surface area contributed by atoms with Gasteiger partial charge in [-0.3, -0.25) is 0 Å². The second-order valence-electron chi connectivity index (χ2n) is 3.82. The zero-order valence-electron chi connectivity index (χ0n) is 10.0. The number of aliphatic hydroxyl groups excluding tert-OH is 1. The molecule has 0 saturated carbocycles. The zero-order chi connectivity index (χ0) is 13.9. The Labute approximate surface area is 109 Å². The number of sulfonamides is 1. The fourth-order valence-electron chi connectivity index (χ4n) is 1.41. The van der Waals surface area contributed by atoms with Gasteiger partial charge in [0.05, 0.1) is 4.90 Å². The van der Waals surface area contributed by atoms with Crippen LogP contribution in [0.15, 0.2) is 11.0 Å². The third kappa shape index (κ3) is 3.77. The van der Waals surface area contributed by atoms with Crippen molar-refractivity contribution in [2.45, 2.75) is 31.3 Å². The van der Waals surface area contributed by atoms with Crippen LogP contribution < -0.4 is 4.72 Å². The molecule has 1 aromatic heterocycles. The maximum Gasteiger partial charge on any atom is 0.332 e. The average molecular weight is 293 g/mol. The van der Waals surface area contributed by atoms with Gasteiger partial charge in [-0.05, 0) is 26.3 Å². The summed E-state index contributed by atoms with van der Waals surface area (Å²) in [4.78, 5) is 12.1. The van der Waals surface area contributed by atoms with Crippen LogP contribution in [0.2, 0.25) is 0 Å². The molecule has 0 aromatic carbocycles. The molecule has 1 heterocycles. The van der Waals surface area contributed by atoms with Crippen LogP contribution in [0.4, 0.5) is 0 Å². The standard InChI is InChI=1S/C10H15NO5S2/c1-6-5-9(7(2)17-6)18(15,16)11-4-3-8(12)10(13)14/h5,8,11-12H,3-4H2,1-2H3,(H,13,14). The van der Waals surface area contributed by atoms with Crippen LogP contribution in [0.1, 0.15) is 16.2 Å². The molecule has 8 heteroatoms. The highest BCUT2D eigenvalue weighted by atomic mass is 32.2. The molecule has 0 aliphatic carbocycles. The molecule has 0 spiro atoms. The molecule has 3 N–H and O–H groups in total. The Morgan fingerprint density at radius 2 is 2.11 bits per heavy atom. The molecule has 18 heavy (non-hydrogen) atoms. The van der Waals surface area contributed by atoms with E-state index >= 15 is 0 Å². The van der Waals surface area contributed by atoms with Gasteiger partial charge in [0, 0.05) is 16.3 Å². The summed E-state index contributed by atoms with van der Waals surface area (Å²) in [6, 6.07) is 1.57. The molecule has 6 nitrogen and oxygen atoms in total. The van der Waals surface area contributed by atoms with Crippen LogP contribution in [0.5, 0.6) is 0 Å². The van der Waals surface area contributed by atoms with Gasteiger partial charge < -0.3 is 10.2 Å². The van der Waals surface area contributed by atoms with E-state index in [1.54, 1.807) is 13.0 Å². The molecule has 1 rings (SSSR count). The second-order valence-corrected chi connectivity index (χ2v) is 7.01. The lowest BCUT2D eigenvalue weighted by atomic mass is 10.3. The van der Waals surface area contributed by atoms with Crippen LogP contribution >= 0.6 is 11.3 Å². The Morgan fingerprint density at radius 3 is 2.56 bits per heavy atom. The normalized spacial score (nSPS) is 13.5. The molecular formula is C10H15NO5S2. The van der Waals surface area contributed by atoms with Gasteiger partial charge in [-0.1, -0.05) is 0 Å². The van der Waals surface area contributed by atoms with Crippen molar-refractivity contribution in [2.75, 3.05) is 6.54 Å². The van der Waals surface area contributed by atoms with Gasteiger partial charge in [0.25, 0.3) is 0 Å². The highest BCUT2D eigenvalue weighted by Gasteiger charge is 2.20. The molecule has 1 aromatic rings. The Bertz CT molecular complexity index is 534. The van der Waals surface area contributed by atoms with E-state index < -0.39 is 22.1 Å². The molecule has 0 saturated heterocycles. The Hall–Kier alpha value is -0.960. The number of rotatable bonds is 6. The van der Waals surface area contributed by atoms with Crippen molar-refractivity contribution in [3.63, 3.8) is 0 Å². The first-order valence-corrected chi connectivity index (χ1v) is 7.51. The van der Waals surface area contributed by atoms with Crippen LogP contribution in [0, 0.1) is 13.8 Å². The lowest BCUT2D eigenvalue weighted by molar-refractivity contribution is -0.146. The number of aryl methyl sites for hydroxylation is 2. The van der Waals surface area contributed by atoms with Crippen molar-refractivity contribution in [2.24, 2.45) is 0 Å². The van der Waals surface area contributed by atoms with Crippen molar-refractivity contribution >= 4 is 27.3 Å². The molecule has 0 aliphatic rings. The maximum atomic E-state index is 11.9. The summed E-state index contributed by atoms with van der Waals surface area (Å²) >= 11 is 1.38. The molecular weight excluding hydrogens is 278 g/mol. The van der Waals surface area contributed by atoms with Crippen LogP contribution in [-0.2, 0) is 14.8 Å². The predicted molar refractivity (Wildman–Crippen MR) is 67.2 cm³/mol. The van der Waals surface area contributed by atoms with Crippen LogP contribution in [-0.4, -0.2) is 37.2 Å². The van der Waals surface area contributed by atoms with Crippen molar-refractivity contribution in [1.82, 2.24) is 4.72 Å². The third-order valence-corrected chi connectivity index (χ3v) is 4.96. The van der Waals surface area contributed by atoms with Crippen molar-refractivity contribution in [3.05, 3.63) is 15.8 Å². The molecule has 0 aliphatic heterocycles. The number of hydrogen-bond acceptors (Lipinski definition) is 5. The van der Waals surface area contributed by atoms with E-state index in [0.29, 0.717) is 4.88 Å².